The summed E-state index contributed by atoms with van der Waals surface area (Å²) < 4.78 is 0. The van der Waals surface area contributed by atoms with Gasteiger partial charge in [0.1, 0.15) is 0 Å². The fourth-order valence-electron chi connectivity index (χ4n) is 2.10. The van der Waals surface area contributed by atoms with Crippen LogP contribution in [0.5, 0.6) is 0 Å². The van der Waals surface area contributed by atoms with E-state index in [2.05, 4.69) is 4.90 Å². The van der Waals surface area contributed by atoms with Crippen LogP contribution in [0.4, 0.5) is 0 Å². The van der Waals surface area contributed by atoms with E-state index < -0.39 is 0 Å². The van der Waals surface area contributed by atoms with E-state index in [1.54, 1.807) is 12.1 Å². The first-order chi connectivity index (χ1) is 8.66. The molecule has 0 aliphatic carbocycles. The molecule has 1 saturated heterocycles. The number of rotatable bonds is 4. The molecule has 98 valence electrons. The van der Waals surface area contributed by atoms with Crippen LogP contribution < -0.4 is 5.73 Å². The Morgan fingerprint density at radius 1 is 1.33 bits per heavy atom. The Morgan fingerprint density at radius 2 is 1.94 bits per heavy atom. The number of carbonyl (C=O) groups is 1. The highest BCUT2D eigenvalue weighted by Crippen LogP contribution is 2.21. The van der Waals surface area contributed by atoms with E-state index in [1.807, 2.05) is 23.9 Å². The summed E-state index contributed by atoms with van der Waals surface area (Å²) in [4.78, 5) is 13.9. The molecule has 18 heavy (non-hydrogen) atoms. The maximum atomic E-state index is 11.6. The third-order valence-electron chi connectivity index (χ3n) is 3.16. The van der Waals surface area contributed by atoms with Crippen molar-refractivity contribution in [3.05, 3.63) is 34.9 Å². The minimum absolute atomic E-state index is 0.245. The molecule has 1 heterocycles. The summed E-state index contributed by atoms with van der Waals surface area (Å²) in [6.07, 6.45) is 0. The van der Waals surface area contributed by atoms with Gasteiger partial charge in [0.15, 0.2) is 0 Å². The number of primary amides is 1. The number of nitrogens with two attached hydrogens (primary N) is 1. The van der Waals surface area contributed by atoms with Crippen LogP contribution in [0.2, 0.25) is 5.02 Å². The zero-order valence-corrected chi connectivity index (χ0v) is 11.7. The van der Waals surface area contributed by atoms with Crippen LogP contribution in [0.1, 0.15) is 11.5 Å². The first-order valence-electron chi connectivity index (χ1n) is 6.01. The standard InChI is InChI=1S/C13H17ClN2OS/c14-11-3-1-10(2-4-11)12(13(15)17)9-16-5-7-18-8-6-16/h1-4,12H,5-9H2,(H2,15,17)/t12-/m1/s1. The number of carbonyl (C=O) groups excluding carboxylic acids is 1. The van der Waals surface area contributed by atoms with Gasteiger partial charge < -0.3 is 10.6 Å². The first kappa shape index (κ1) is 13.7. The van der Waals surface area contributed by atoms with Gasteiger partial charge in [-0.1, -0.05) is 23.7 Å². The zero-order valence-electron chi connectivity index (χ0n) is 10.1. The van der Waals surface area contributed by atoms with Gasteiger partial charge in [0.05, 0.1) is 5.92 Å². The number of thioether (sulfide) groups is 1. The lowest BCUT2D eigenvalue weighted by molar-refractivity contribution is -0.119. The maximum Gasteiger partial charge on any atom is 0.226 e. The molecule has 1 aromatic rings. The van der Waals surface area contributed by atoms with Gasteiger partial charge in [0, 0.05) is 36.2 Å². The molecule has 2 rings (SSSR count). The lowest BCUT2D eigenvalue weighted by Gasteiger charge is -2.29. The highest BCUT2D eigenvalue weighted by Gasteiger charge is 2.22. The molecule has 0 saturated carbocycles. The summed E-state index contributed by atoms with van der Waals surface area (Å²) in [5.41, 5.74) is 6.47. The van der Waals surface area contributed by atoms with Gasteiger partial charge in [0.25, 0.3) is 0 Å². The Bertz CT molecular complexity index is 404. The Morgan fingerprint density at radius 3 is 2.50 bits per heavy atom. The van der Waals surface area contributed by atoms with E-state index in [-0.39, 0.29) is 11.8 Å². The second-order valence-corrected chi connectivity index (χ2v) is 6.08. The predicted molar refractivity (Wildman–Crippen MR) is 77.2 cm³/mol. The Balaban J connectivity index is 2.07. The topological polar surface area (TPSA) is 46.3 Å². The second-order valence-electron chi connectivity index (χ2n) is 4.42. The maximum absolute atomic E-state index is 11.6. The molecule has 1 aliphatic rings. The molecule has 1 amide bonds. The molecule has 2 N–H and O–H groups in total. The third kappa shape index (κ3) is 3.64. The van der Waals surface area contributed by atoms with Crippen molar-refractivity contribution in [1.82, 2.24) is 4.90 Å². The Labute approximate surface area is 117 Å². The minimum Gasteiger partial charge on any atom is -0.369 e. The fraction of sp³-hybridized carbons (Fsp3) is 0.462. The van der Waals surface area contributed by atoms with E-state index >= 15 is 0 Å². The number of hydrogen-bond donors (Lipinski definition) is 1. The van der Waals surface area contributed by atoms with E-state index in [0.717, 1.165) is 30.2 Å². The van der Waals surface area contributed by atoms with Crippen molar-refractivity contribution >= 4 is 29.3 Å². The van der Waals surface area contributed by atoms with Crippen LogP contribution in [-0.2, 0) is 4.79 Å². The molecular formula is C13H17ClN2OS. The van der Waals surface area contributed by atoms with E-state index in [4.69, 9.17) is 17.3 Å². The summed E-state index contributed by atoms with van der Waals surface area (Å²) >= 11 is 7.82. The van der Waals surface area contributed by atoms with E-state index in [0.29, 0.717) is 11.6 Å². The number of nitrogens with zero attached hydrogens (tertiary/aromatic N) is 1. The summed E-state index contributed by atoms with van der Waals surface area (Å²) in [6.45, 7) is 2.77. The zero-order chi connectivity index (χ0) is 13.0. The largest absolute Gasteiger partial charge is 0.369 e. The molecule has 0 spiro atoms. The van der Waals surface area contributed by atoms with Crippen LogP contribution in [0.15, 0.2) is 24.3 Å². The smallest absolute Gasteiger partial charge is 0.226 e. The molecule has 1 atom stereocenters. The molecule has 3 nitrogen and oxygen atoms in total. The quantitative estimate of drug-likeness (QED) is 0.919. The van der Waals surface area contributed by atoms with Crippen LogP contribution in [0.25, 0.3) is 0 Å². The highest BCUT2D eigenvalue weighted by atomic mass is 35.5. The molecule has 5 heteroatoms. The Kier molecular flexibility index (Phi) is 4.92. The van der Waals surface area contributed by atoms with Crippen molar-refractivity contribution in [2.24, 2.45) is 5.73 Å². The Hall–Kier alpha value is -0.710. The molecule has 0 aromatic heterocycles. The number of halogens is 1. The molecule has 0 bridgehead atoms. The summed E-state index contributed by atoms with van der Waals surface area (Å²) in [5, 5.41) is 0.677. The highest BCUT2D eigenvalue weighted by molar-refractivity contribution is 7.99. The van der Waals surface area contributed by atoms with Crippen molar-refractivity contribution in [3.63, 3.8) is 0 Å². The summed E-state index contributed by atoms with van der Waals surface area (Å²) in [7, 11) is 0. The summed E-state index contributed by atoms with van der Waals surface area (Å²) in [5.74, 6) is 1.75. The molecule has 1 fully saturated rings. The normalized spacial score (nSPS) is 18.5. The monoisotopic (exact) mass is 284 g/mol. The molecule has 0 unspecified atom stereocenters. The van der Waals surface area contributed by atoms with E-state index in [1.165, 1.54) is 0 Å². The van der Waals surface area contributed by atoms with Crippen LogP contribution in [0.3, 0.4) is 0 Å². The van der Waals surface area contributed by atoms with Gasteiger partial charge in [-0.15, -0.1) is 0 Å². The number of benzene rings is 1. The second kappa shape index (κ2) is 6.45. The first-order valence-corrected chi connectivity index (χ1v) is 7.55. The fourth-order valence-corrected chi connectivity index (χ4v) is 3.20. The van der Waals surface area contributed by atoms with Gasteiger partial charge >= 0.3 is 0 Å². The molecule has 1 aromatic carbocycles. The SMILES string of the molecule is NC(=O)[C@H](CN1CCSCC1)c1ccc(Cl)cc1. The minimum atomic E-state index is -0.268. The average Bonchev–Trinajstić information content (AvgIpc) is 2.38. The lowest BCUT2D eigenvalue weighted by atomic mass is 9.98. The average molecular weight is 285 g/mol. The van der Waals surface area contributed by atoms with Crippen molar-refractivity contribution in [1.29, 1.82) is 0 Å². The van der Waals surface area contributed by atoms with Gasteiger partial charge in [-0.25, -0.2) is 0 Å². The van der Waals surface area contributed by atoms with Crippen LogP contribution in [0, 0.1) is 0 Å². The summed E-state index contributed by atoms with van der Waals surface area (Å²) in [6, 6.07) is 7.38. The van der Waals surface area contributed by atoms with Crippen molar-refractivity contribution in [2.45, 2.75) is 5.92 Å². The number of amides is 1. The molecule has 1 aliphatic heterocycles. The van der Waals surface area contributed by atoms with Crippen molar-refractivity contribution < 1.29 is 4.79 Å². The van der Waals surface area contributed by atoms with E-state index in [9.17, 15) is 4.79 Å². The van der Waals surface area contributed by atoms with Crippen molar-refractivity contribution in [3.8, 4) is 0 Å². The predicted octanol–water partition coefficient (Wildman–Crippen LogP) is 1.96. The molecule has 0 radical (unpaired) electrons. The molecular weight excluding hydrogens is 268 g/mol. The van der Waals surface area contributed by atoms with Crippen LogP contribution in [-0.4, -0.2) is 41.9 Å². The van der Waals surface area contributed by atoms with Gasteiger partial charge in [0.2, 0.25) is 5.91 Å². The van der Waals surface area contributed by atoms with Crippen molar-refractivity contribution in [2.75, 3.05) is 31.1 Å². The number of hydrogen-bond acceptors (Lipinski definition) is 3. The van der Waals surface area contributed by atoms with Gasteiger partial charge in [-0.3, -0.25) is 4.79 Å². The van der Waals surface area contributed by atoms with Gasteiger partial charge in [-0.2, -0.15) is 11.8 Å². The third-order valence-corrected chi connectivity index (χ3v) is 4.35. The van der Waals surface area contributed by atoms with Gasteiger partial charge in [-0.05, 0) is 17.7 Å². The lowest BCUT2D eigenvalue weighted by Crippen LogP contribution is -2.39. The van der Waals surface area contributed by atoms with Crippen LogP contribution >= 0.6 is 23.4 Å².